The van der Waals surface area contributed by atoms with Crippen molar-refractivity contribution in [2.45, 2.75) is 30.2 Å². The van der Waals surface area contributed by atoms with Crippen LogP contribution < -0.4 is 4.90 Å². The zero-order valence-corrected chi connectivity index (χ0v) is 17.8. The van der Waals surface area contributed by atoms with Crippen molar-refractivity contribution < 1.29 is 4.79 Å². The maximum absolute atomic E-state index is 13.5. The first-order valence-corrected chi connectivity index (χ1v) is 11.0. The highest BCUT2D eigenvalue weighted by Crippen LogP contribution is 2.36. The smallest absolute Gasteiger partial charge is 0.263 e. The van der Waals surface area contributed by atoms with Gasteiger partial charge in [0.1, 0.15) is 0 Å². The molecule has 1 aromatic heterocycles. The average Bonchev–Trinajstić information content (AvgIpc) is 3.35. The minimum absolute atomic E-state index is 0.000106. The van der Waals surface area contributed by atoms with Crippen molar-refractivity contribution in [1.29, 1.82) is 0 Å². The van der Waals surface area contributed by atoms with Crippen LogP contribution in [0, 0.1) is 0 Å². The van der Waals surface area contributed by atoms with Crippen LogP contribution >= 0.6 is 11.8 Å². The average molecular weight is 418 g/mol. The molecule has 7 heteroatoms. The standard InChI is InChI=1S/C23H23N5OS/c1-16-11-24-23-27(14-18-12-25-26(2)13-18)22(29)20-10-19(8-9-21(20)28(16)23)30-15-17-6-4-3-5-7-17/h3-10,12-13,16H,11,14-15H2,1-2H3/t16-/m1/s1. The molecule has 2 aromatic carbocycles. The second kappa shape index (κ2) is 7.65. The first-order chi connectivity index (χ1) is 14.6. The maximum atomic E-state index is 13.5. The lowest BCUT2D eigenvalue weighted by molar-refractivity contribution is 0.0833. The van der Waals surface area contributed by atoms with Gasteiger partial charge in [0.15, 0.2) is 0 Å². The molecule has 0 saturated carbocycles. The molecule has 6 nitrogen and oxygen atoms in total. The van der Waals surface area contributed by atoms with Crippen LogP contribution in [0.15, 0.2) is 70.8 Å². The summed E-state index contributed by atoms with van der Waals surface area (Å²) in [6.45, 7) is 3.31. The summed E-state index contributed by atoms with van der Waals surface area (Å²) in [6.07, 6.45) is 3.75. The Hall–Kier alpha value is -3.06. The lowest BCUT2D eigenvalue weighted by atomic mass is 10.1. The molecule has 1 amide bonds. The normalized spacial score (nSPS) is 17.7. The Labute approximate surface area is 180 Å². The minimum atomic E-state index is 0.000106. The first-order valence-electron chi connectivity index (χ1n) is 10.0. The van der Waals surface area contributed by atoms with E-state index >= 15 is 0 Å². The topological polar surface area (TPSA) is 53.7 Å². The molecule has 30 heavy (non-hydrogen) atoms. The number of anilines is 1. The van der Waals surface area contributed by atoms with Crippen LogP contribution in [0.3, 0.4) is 0 Å². The molecule has 5 rings (SSSR count). The maximum Gasteiger partial charge on any atom is 0.263 e. The number of carbonyl (C=O) groups excluding carboxylic acids is 1. The highest BCUT2D eigenvalue weighted by Gasteiger charge is 2.40. The molecule has 1 atom stereocenters. The first kappa shape index (κ1) is 18.9. The third kappa shape index (κ3) is 3.39. The molecule has 0 N–H and O–H groups in total. The highest BCUT2D eigenvalue weighted by atomic mass is 32.2. The van der Waals surface area contributed by atoms with E-state index in [0.717, 1.165) is 33.4 Å². The zero-order chi connectivity index (χ0) is 20.7. The van der Waals surface area contributed by atoms with Crippen LogP contribution in [-0.4, -0.2) is 39.1 Å². The quantitative estimate of drug-likeness (QED) is 0.590. The monoisotopic (exact) mass is 417 g/mol. The number of guanidine groups is 1. The lowest BCUT2D eigenvalue weighted by Crippen LogP contribution is -2.51. The van der Waals surface area contributed by atoms with Gasteiger partial charge in [0.05, 0.1) is 36.6 Å². The Morgan fingerprint density at radius 2 is 1.97 bits per heavy atom. The Morgan fingerprint density at radius 3 is 2.73 bits per heavy atom. The third-order valence-corrected chi connectivity index (χ3v) is 6.51. The van der Waals surface area contributed by atoms with Gasteiger partial charge in [0.2, 0.25) is 5.96 Å². The summed E-state index contributed by atoms with van der Waals surface area (Å²) in [5.41, 5.74) is 3.96. The number of hydrogen-bond acceptors (Lipinski definition) is 5. The van der Waals surface area contributed by atoms with E-state index in [1.165, 1.54) is 5.56 Å². The van der Waals surface area contributed by atoms with Gasteiger partial charge in [-0.2, -0.15) is 5.10 Å². The fourth-order valence-corrected chi connectivity index (χ4v) is 4.86. The molecule has 0 fully saturated rings. The molecule has 0 unspecified atom stereocenters. The molecule has 0 bridgehead atoms. The number of carbonyl (C=O) groups is 1. The molecule has 0 spiro atoms. The third-order valence-electron chi connectivity index (χ3n) is 5.45. The SMILES string of the molecule is C[C@@H]1CN=C2N(Cc3cnn(C)c3)C(=O)c3cc(SCc4ccccc4)ccc3N21. The van der Waals surface area contributed by atoms with E-state index in [4.69, 9.17) is 0 Å². The van der Waals surface area contributed by atoms with Gasteiger partial charge < -0.3 is 4.90 Å². The van der Waals surface area contributed by atoms with Gasteiger partial charge in [-0.1, -0.05) is 30.3 Å². The Bertz CT molecular complexity index is 1120. The highest BCUT2D eigenvalue weighted by molar-refractivity contribution is 7.98. The Kier molecular flexibility index (Phi) is 4.83. The van der Waals surface area contributed by atoms with Crippen LogP contribution in [0.1, 0.15) is 28.4 Å². The number of aliphatic imine (C=N–C) groups is 1. The molecule has 2 aliphatic heterocycles. The van der Waals surface area contributed by atoms with Gasteiger partial charge in [-0.25, -0.2) is 0 Å². The molecular formula is C23H23N5OS. The van der Waals surface area contributed by atoms with E-state index in [9.17, 15) is 4.79 Å². The zero-order valence-electron chi connectivity index (χ0n) is 17.0. The number of amides is 1. The number of hydrogen-bond donors (Lipinski definition) is 0. The van der Waals surface area contributed by atoms with Crippen LogP contribution in [0.25, 0.3) is 0 Å². The molecule has 152 valence electrons. The number of aromatic nitrogens is 2. The van der Waals surface area contributed by atoms with Crippen molar-refractivity contribution >= 4 is 29.3 Å². The molecule has 2 aliphatic rings. The van der Waals surface area contributed by atoms with Gasteiger partial charge in [0.25, 0.3) is 5.91 Å². The molecule has 0 saturated heterocycles. The molecule has 3 aromatic rings. The number of nitrogens with zero attached hydrogens (tertiary/aromatic N) is 5. The van der Waals surface area contributed by atoms with E-state index in [2.05, 4.69) is 58.3 Å². The van der Waals surface area contributed by atoms with Crippen LogP contribution in [0.2, 0.25) is 0 Å². The number of thioether (sulfide) groups is 1. The summed E-state index contributed by atoms with van der Waals surface area (Å²) in [7, 11) is 1.88. The van der Waals surface area contributed by atoms with Gasteiger partial charge in [-0.15, -0.1) is 11.8 Å². The largest absolute Gasteiger partial charge is 0.307 e. The van der Waals surface area contributed by atoms with Crippen molar-refractivity contribution in [3.8, 4) is 0 Å². The summed E-state index contributed by atoms with van der Waals surface area (Å²) >= 11 is 1.75. The summed E-state index contributed by atoms with van der Waals surface area (Å²) in [5, 5.41) is 4.24. The summed E-state index contributed by atoms with van der Waals surface area (Å²) in [5.74, 6) is 1.62. The fourth-order valence-electron chi connectivity index (χ4n) is 3.97. The number of aryl methyl sites for hydroxylation is 1. The second-order valence-corrected chi connectivity index (χ2v) is 8.78. The van der Waals surface area contributed by atoms with Crippen molar-refractivity contribution in [3.63, 3.8) is 0 Å². The van der Waals surface area contributed by atoms with Crippen molar-refractivity contribution in [2.24, 2.45) is 12.0 Å². The number of rotatable bonds is 5. The number of fused-ring (bicyclic) bond motifs is 3. The predicted molar refractivity (Wildman–Crippen MR) is 120 cm³/mol. The van der Waals surface area contributed by atoms with E-state index < -0.39 is 0 Å². The Morgan fingerprint density at radius 1 is 1.13 bits per heavy atom. The van der Waals surface area contributed by atoms with E-state index in [0.29, 0.717) is 13.1 Å². The second-order valence-electron chi connectivity index (χ2n) is 7.73. The van der Waals surface area contributed by atoms with Gasteiger partial charge >= 0.3 is 0 Å². The van der Waals surface area contributed by atoms with E-state index in [1.807, 2.05) is 25.4 Å². The van der Waals surface area contributed by atoms with Gasteiger partial charge in [-0.05, 0) is 30.7 Å². The number of benzene rings is 2. The Balaban J connectivity index is 1.46. The van der Waals surface area contributed by atoms with E-state index in [1.54, 1.807) is 27.5 Å². The van der Waals surface area contributed by atoms with Crippen molar-refractivity contribution in [1.82, 2.24) is 14.7 Å². The summed E-state index contributed by atoms with van der Waals surface area (Å²) in [6, 6.07) is 16.8. The lowest BCUT2D eigenvalue weighted by Gasteiger charge is -2.38. The molecule has 0 radical (unpaired) electrons. The van der Waals surface area contributed by atoms with E-state index in [-0.39, 0.29) is 11.9 Å². The molecule has 0 aliphatic carbocycles. The predicted octanol–water partition coefficient (Wildman–Crippen LogP) is 3.93. The molecule has 3 heterocycles. The van der Waals surface area contributed by atoms with Crippen LogP contribution in [-0.2, 0) is 19.3 Å². The van der Waals surface area contributed by atoms with Gasteiger partial charge in [0, 0.05) is 29.5 Å². The fraction of sp³-hybridized carbons (Fsp3) is 0.261. The van der Waals surface area contributed by atoms with Crippen LogP contribution in [0.5, 0.6) is 0 Å². The van der Waals surface area contributed by atoms with Crippen molar-refractivity contribution in [3.05, 3.63) is 77.6 Å². The van der Waals surface area contributed by atoms with Crippen molar-refractivity contribution in [2.75, 3.05) is 11.4 Å². The van der Waals surface area contributed by atoms with Crippen LogP contribution in [0.4, 0.5) is 5.69 Å². The summed E-state index contributed by atoms with van der Waals surface area (Å²) < 4.78 is 1.76. The van der Waals surface area contributed by atoms with Gasteiger partial charge in [-0.3, -0.25) is 19.4 Å². The molecular weight excluding hydrogens is 394 g/mol. The minimum Gasteiger partial charge on any atom is -0.307 e. The summed E-state index contributed by atoms with van der Waals surface area (Å²) in [4.78, 5) is 23.2.